The molecule has 2 rings (SSSR count). The van der Waals surface area contributed by atoms with E-state index in [4.69, 9.17) is 11.6 Å². The molecule has 19 heavy (non-hydrogen) atoms. The van der Waals surface area contributed by atoms with Gasteiger partial charge in [-0.2, -0.15) is 10.5 Å². The summed E-state index contributed by atoms with van der Waals surface area (Å²) in [6.07, 6.45) is 5.20. The molecule has 0 radical (unpaired) electrons. The summed E-state index contributed by atoms with van der Waals surface area (Å²) >= 11 is 0. The first-order valence-corrected chi connectivity index (χ1v) is 6.47. The van der Waals surface area contributed by atoms with Crippen molar-refractivity contribution in [2.75, 3.05) is 0 Å². The first kappa shape index (κ1) is 13.4. The third-order valence-corrected chi connectivity index (χ3v) is 4.29. The van der Waals surface area contributed by atoms with Crippen LogP contribution in [0.1, 0.15) is 38.5 Å². The minimum atomic E-state index is -0.905. The Bertz CT molecular complexity index is 502. The Morgan fingerprint density at radius 1 is 1.21 bits per heavy atom. The highest BCUT2D eigenvalue weighted by Crippen LogP contribution is 2.50. The van der Waals surface area contributed by atoms with E-state index >= 15 is 0 Å². The van der Waals surface area contributed by atoms with Gasteiger partial charge in [0.2, 0.25) is 0 Å². The minimum Gasteiger partial charge on any atom is -0.383 e. The maximum atomic E-state index is 12.2. The van der Waals surface area contributed by atoms with Crippen LogP contribution in [0.3, 0.4) is 0 Å². The second kappa shape index (κ2) is 4.91. The van der Waals surface area contributed by atoms with Crippen LogP contribution in [0.25, 0.3) is 0 Å². The number of nitrogens with two attached hydrogens (primary N) is 2. The van der Waals surface area contributed by atoms with Gasteiger partial charge in [-0.05, 0) is 12.8 Å². The zero-order chi connectivity index (χ0) is 14.0. The van der Waals surface area contributed by atoms with Gasteiger partial charge in [0.25, 0.3) is 5.91 Å². The van der Waals surface area contributed by atoms with Gasteiger partial charge in [-0.15, -0.1) is 0 Å². The Hall–Kier alpha value is -2.05. The standard InChI is InChI=1S/C13H17N5O/c14-7-9-11(16)18(17)12(19)10(8-15)13(9)5-3-1-2-4-6-13/h10H,1-6,16-17H2. The van der Waals surface area contributed by atoms with E-state index in [0.717, 1.165) is 30.7 Å². The average molecular weight is 259 g/mol. The second-order valence-electron chi connectivity index (χ2n) is 5.21. The van der Waals surface area contributed by atoms with Crippen molar-refractivity contribution >= 4 is 5.91 Å². The number of carbonyl (C=O) groups excluding carboxylic acids is 1. The van der Waals surface area contributed by atoms with Crippen molar-refractivity contribution in [3.8, 4) is 12.1 Å². The highest BCUT2D eigenvalue weighted by atomic mass is 16.2. The number of carbonyl (C=O) groups is 1. The van der Waals surface area contributed by atoms with Crippen LogP contribution in [0.5, 0.6) is 0 Å². The molecule has 1 aliphatic carbocycles. The van der Waals surface area contributed by atoms with Gasteiger partial charge >= 0.3 is 0 Å². The van der Waals surface area contributed by atoms with E-state index in [9.17, 15) is 15.3 Å². The number of hydrogen-bond acceptors (Lipinski definition) is 5. The zero-order valence-electron chi connectivity index (χ0n) is 10.7. The smallest absolute Gasteiger partial charge is 0.260 e. The van der Waals surface area contributed by atoms with Crippen molar-refractivity contribution in [3.05, 3.63) is 11.4 Å². The van der Waals surface area contributed by atoms with Crippen molar-refractivity contribution in [3.63, 3.8) is 0 Å². The van der Waals surface area contributed by atoms with Crippen LogP contribution in [0, 0.1) is 34.0 Å². The number of hydrazine groups is 1. The molecule has 0 bridgehead atoms. The van der Waals surface area contributed by atoms with E-state index < -0.39 is 17.2 Å². The Labute approximate surface area is 112 Å². The maximum absolute atomic E-state index is 12.2. The third kappa shape index (κ3) is 1.85. The van der Waals surface area contributed by atoms with E-state index in [2.05, 4.69) is 6.07 Å². The van der Waals surface area contributed by atoms with Gasteiger partial charge in [-0.3, -0.25) is 4.79 Å². The van der Waals surface area contributed by atoms with Gasteiger partial charge < -0.3 is 5.73 Å². The van der Waals surface area contributed by atoms with Crippen molar-refractivity contribution in [2.24, 2.45) is 22.9 Å². The molecule has 1 fully saturated rings. The molecule has 0 saturated heterocycles. The molecule has 0 aromatic rings. The first-order valence-electron chi connectivity index (χ1n) is 6.47. The summed E-state index contributed by atoms with van der Waals surface area (Å²) < 4.78 is 0. The van der Waals surface area contributed by atoms with E-state index in [0.29, 0.717) is 18.4 Å². The predicted molar refractivity (Wildman–Crippen MR) is 67.1 cm³/mol. The molecule has 1 unspecified atom stereocenters. The molecular formula is C13H17N5O. The fourth-order valence-electron chi connectivity index (χ4n) is 3.26. The summed E-state index contributed by atoms with van der Waals surface area (Å²) in [5.41, 5.74) is 5.39. The minimum absolute atomic E-state index is 0.000833. The number of rotatable bonds is 0. The van der Waals surface area contributed by atoms with Crippen LogP contribution in [0.15, 0.2) is 11.4 Å². The summed E-state index contributed by atoms with van der Waals surface area (Å²) in [5, 5.41) is 19.5. The number of nitrogens with zero attached hydrogens (tertiary/aromatic N) is 3. The molecule has 4 N–H and O–H groups in total. The largest absolute Gasteiger partial charge is 0.383 e. The summed E-state index contributed by atoms with van der Waals surface area (Å²) in [6.45, 7) is 0. The molecule has 0 aromatic heterocycles. The van der Waals surface area contributed by atoms with Crippen LogP contribution in [-0.2, 0) is 4.79 Å². The van der Waals surface area contributed by atoms with Crippen LogP contribution in [0.2, 0.25) is 0 Å². The summed E-state index contributed by atoms with van der Waals surface area (Å²) in [7, 11) is 0. The molecule has 6 nitrogen and oxygen atoms in total. The molecule has 1 amide bonds. The van der Waals surface area contributed by atoms with Gasteiger partial charge in [-0.25, -0.2) is 10.9 Å². The average Bonchev–Trinajstić information content (AvgIpc) is 2.64. The normalized spacial score (nSPS) is 26.8. The zero-order valence-corrected chi connectivity index (χ0v) is 10.7. The van der Waals surface area contributed by atoms with E-state index in [1.165, 1.54) is 0 Å². The number of allylic oxidation sites excluding steroid dienone is 1. The molecule has 1 heterocycles. The highest BCUT2D eigenvalue weighted by molar-refractivity contribution is 5.86. The van der Waals surface area contributed by atoms with E-state index in [-0.39, 0.29) is 5.82 Å². The molecule has 1 spiro atoms. The van der Waals surface area contributed by atoms with Gasteiger partial charge in [0.05, 0.1) is 17.7 Å². The van der Waals surface area contributed by atoms with Gasteiger partial charge in [-0.1, -0.05) is 25.7 Å². The third-order valence-electron chi connectivity index (χ3n) is 4.29. The van der Waals surface area contributed by atoms with Crippen LogP contribution < -0.4 is 11.6 Å². The fraction of sp³-hybridized carbons (Fsp3) is 0.615. The number of amides is 1. The van der Waals surface area contributed by atoms with E-state index in [1.807, 2.05) is 6.07 Å². The molecule has 1 saturated carbocycles. The maximum Gasteiger partial charge on any atom is 0.260 e. The first-order chi connectivity index (χ1) is 9.08. The molecule has 0 aromatic carbocycles. The second-order valence-corrected chi connectivity index (χ2v) is 5.21. The van der Waals surface area contributed by atoms with Crippen molar-refractivity contribution in [1.29, 1.82) is 10.5 Å². The Balaban J connectivity index is 2.61. The lowest BCUT2D eigenvalue weighted by molar-refractivity contribution is -0.137. The van der Waals surface area contributed by atoms with Crippen molar-refractivity contribution in [2.45, 2.75) is 38.5 Å². The van der Waals surface area contributed by atoms with Crippen LogP contribution in [-0.4, -0.2) is 10.9 Å². The summed E-state index contributed by atoms with van der Waals surface area (Å²) in [6, 6.07) is 4.13. The number of hydrogen-bond donors (Lipinski definition) is 2. The summed E-state index contributed by atoms with van der Waals surface area (Å²) in [4.78, 5) is 12.2. The van der Waals surface area contributed by atoms with Crippen molar-refractivity contribution in [1.82, 2.24) is 5.01 Å². The highest BCUT2D eigenvalue weighted by Gasteiger charge is 2.52. The van der Waals surface area contributed by atoms with Gasteiger partial charge in [0, 0.05) is 5.41 Å². The quantitative estimate of drug-likeness (QED) is 0.494. The van der Waals surface area contributed by atoms with Gasteiger partial charge in [0.1, 0.15) is 11.7 Å². The van der Waals surface area contributed by atoms with Crippen LogP contribution >= 0.6 is 0 Å². The van der Waals surface area contributed by atoms with Crippen LogP contribution in [0.4, 0.5) is 0 Å². The SMILES string of the molecule is N#CC1=C(N)N(N)C(=O)C(C#N)C12CCCCCC2. The summed E-state index contributed by atoms with van der Waals surface area (Å²) in [5.74, 6) is 4.18. The van der Waals surface area contributed by atoms with Crippen molar-refractivity contribution < 1.29 is 4.79 Å². The Morgan fingerprint density at radius 2 is 1.79 bits per heavy atom. The topological polar surface area (TPSA) is 120 Å². The molecule has 1 atom stereocenters. The molecule has 6 heteroatoms. The molecule has 100 valence electrons. The van der Waals surface area contributed by atoms with Gasteiger partial charge in [0.15, 0.2) is 0 Å². The lowest BCUT2D eigenvalue weighted by Gasteiger charge is -2.42. The Morgan fingerprint density at radius 3 is 2.26 bits per heavy atom. The van der Waals surface area contributed by atoms with E-state index in [1.54, 1.807) is 0 Å². The molecular weight excluding hydrogens is 242 g/mol. The number of nitriles is 2. The fourth-order valence-corrected chi connectivity index (χ4v) is 3.26. The lowest BCUT2D eigenvalue weighted by atomic mass is 9.63. The molecule has 2 aliphatic rings. The Kier molecular flexibility index (Phi) is 3.46. The monoisotopic (exact) mass is 259 g/mol. The molecule has 1 aliphatic heterocycles. The lowest BCUT2D eigenvalue weighted by Crippen LogP contribution is -2.54. The predicted octanol–water partition coefficient (Wildman–Crippen LogP) is 0.877.